The molecule has 55 heavy (non-hydrogen) atoms. The molecule has 4 N–H and O–H groups in total. The molecule has 6 aromatic rings. The van der Waals surface area contributed by atoms with Crippen LogP contribution in [-0.4, -0.2) is 61.6 Å². The van der Waals surface area contributed by atoms with E-state index in [1.165, 1.54) is 6.92 Å². The lowest BCUT2D eigenvalue weighted by atomic mass is 9.87. The van der Waals surface area contributed by atoms with Crippen molar-refractivity contribution in [3.05, 3.63) is 84.4 Å². The number of carbonyl (C=O) groups excluding carboxylic acids is 3. The number of aromatic nitrogens is 6. The van der Waals surface area contributed by atoms with Gasteiger partial charge >= 0.3 is 0 Å². The molecule has 0 fully saturated rings. The number of ether oxygens (including phenoxy) is 1. The number of Topliss-reactive ketones (excluding diaryl/α,β-unsaturated/α-hetero) is 2. The number of anilines is 2. The van der Waals surface area contributed by atoms with Crippen molar-refractivity contribution in [1.82, 2.24) is 29.5 Å². The van der Waals surface area contributed by atoms with Gasteiger partial charge in [0.15, 0.2) is 22.9 Å². The summed E-state index contributed by atoms with van der Waals surface area (Å²) in [5, 5.41) is 2.75. The van der Waals surface area contributed by atoms with Gasteiger partial charge in [-0.25, -0.2) is 19.9 Å². The molecule has 0 radical (unpaired) electrons. The van der Waals surface area contributed by atoms with E-state index in [9.17, 15) is 14.4 Å². The average Bonchev–Trinajstić information content (AvgIpc) is 3.69. The van der Waals surface area contributed by atoms with Crippen LogP contribution in [-0.2, 0) is 16.3 Å². The van der Waals surface area contributed by atoms with Crippen LogP contribution in [0.1, 0.15) is 69.2 Å². The molecular weight excluding hydrogens is 709 g/mol. The monoisotopic (exact) mass is 760 g/mol. The number of carbonyl (C=O) groups is 3. The van der Waals surface area contributed by atoms with Gasteiger partial charge in [-0.05, 0) is 30.3 Å². The number of amides is 1. The second-order valence-corrected chi connectivity index (χ2v) is 22.6. The number of hydrogen-bond acceptors (Lipinski definition) is 9. The van der Waals surface area contributed by atoms with Gasteiger partial charge in [0.25, 0.3) is 0 Å². The van der Waals surface area contributed by atoms with Gasteiger partial charge in [0.2, 0.25) is 5.91 Å². The Kier molecular flexibility index (Phi) is 11.9. The maximum absolute atomic E-state index is 13.1. The molecule has 0 aliphatic rings. The van der Waals surface area contributed by atoms with E-state index >= 15 is 0 Å². The smallest absolute Gasteiger partial charge is 0.221 e. The van der Waals surface area contributed by atoms with Crippen molar-refractivity contribution in [1.29, 1.82) is 0 Å². The topological polar surface area (TPSA) is 171 Å². The van der Waals surface area contributed by atoms with E-state index in [-0.39, 0.29) is 17.5 Å². The molecule has 0 aliphatic heterocycles. The zero-order valence-electron chi connectivity index (χ0n) is 33.5. The highest BCUT2D eigenvalue weighted by atomic mass is 28.3. The first-order valence-corrected chi connectivity index (χ1v) is 22.0. The van der Waals surface area contributed by atoms with E-state index in [1.54, 1.807) is 18.6 Å². The molecule has 4 heterocycles. The number of nitrogens with one attached hydrogen (secondary N) is 2. The van der Waals surface area contributed by atoms with Gasteiger partial charge in [0, 0.05) is 67.3 Å². The minimum atomic E-state index is -1.16. The van der Waals surface area contributed by atoms with Crippen molar-refractivity contribution < 1.29 is 19.1 Å². The lowest BCUT2D eigenvalue weighted by Crippen LogP contribution is -2.22. The van der Waals surface area contributed by atoms with Gasteiger partial charge in [0.1, 0.15) is 17.8 Å². The Labute approximate surface area is 323 Å². The van der Waals surface area contributed by atoms with Crippen LogP contribution in [0.4, 0.5) is 11.4 Å². The molecule has 0 saturated heterocycles. The predicted octanol–water partition coefficient (Wildman–Crippen LogP) is 9.03. The molecule has 1 amide bonds. The van der Waals surface area contributed by atoms with E-state index < -0.39 is 18.9 Å². The second kappa shape index (κ2) is 16.1. The standard InChI is InChI=1S/C23H32N4O2Si.C19H20N4O2/c1-23(2,3)21(28)18-14-27(15-29-10-11-30(4,5)6)22-20(18)26-19(13-25-22)16-8-7-9-17(24)12-16;1-11(24)22-13-7-5-6-12(8-13)15-10-21-18-16(23-15)14(9-20-18)17(25)19(2,3)4/h7-9,12-14H,10-11,15,24H2,1-6H3;5-10H,1-4H3,(H,20,21)(H,22,24). The van der Waals surface area contributed by atoms with Crippen molar-refractivity contribution in [2.24, 2.45) is 10.8 Å². The maximum Gasteiger partial charge on any atom is 0.221 e. The van der Waals surface area contributed by atoms with E-state index in [0.29, 0.717) is 69.6 Å². The Morgan fingerprint density at radius 2 is 1.44 bits per heavy atom. The van der Waals surface area contributed by atoms with E-state index in [0.717, 1.165) is 17.2 Å². The highest BCUT2D eigenvalue weighted by molar-refractivity contribution is 6.76. The average molecular weight is 761 g/mol. The molecule has 0 unspecified atom stereocenters. The zero-order chi connectivity index (χ0) is 40.3. The molecule has 4 aromatic heterocycles. The fourth-order valence-corrected chi connectivity index (χ4v) is 6.42. The number of benzene rings is 2. The summed E-state index contributed by atoms with van der Waals surface area (Å²) in [5.41, 5.74) is 12.8. The molecule has 0 atom stereocenters. The van der Waals surface area contributed by atoms with Crippen LogP contribution in [0.3, 0.4) is 0 Å². The Balaban J connectivity index is 0.000000214. The maximum atomic E-state index is 13.1. The highest BCUT2D eigenvalue weighted by Crippen LogP contribution is 2.30. The van der Waals surface area contributed by atoms with Gasteiger partial charge in [-0.1, -0.05) is 85.4 Å². The summed E-state index contributed by atoms with van der Waals surface area (Å²) in [6, 6.07) is 16.0. The first-order valence-electron chi connectivity index (χ1n) is 18.3. The summed E-state index contributed by atoms with van der Waals surface area (Å²) in [5.74, 6) is -0.0908. The molecule has 12 nitrogen and oxygen atoms in total. The van der Waals surface area contributed by atoms with Gasteiger partial charge < -0.3 is 25.3 Å². The first-order chi connectivity index (χ1) is 25.7. The Morgan fingerprint density at radius 1 is 0.836 bits per heavy atom. The molecule has 2 aromatic carbocycles. The first kappa shape index (κ1) is 40.6. The Morgan fingerprint density at radius 3 is 2.05 bits per heavy atom. The fraction of sp³-hybridized carbons (Fsp3) is 0.357. The van der Waals surface area contributed by atoms with Crippen LogP contribution in [0, 0.1) is 10.8 Å². The SMILES string of the molecule is CC(=O)Nc1cccc(-c2cnc3[nH]cc(C(=O)C(C)(C)C)c3n2)c1.CC(C)(C)C(=O)c1cn(COCC[Si](C)(C)C)c2ncc(-c3cccc(N)c3)nc12. The van der Waals surface area contributed by atoms with E-state index in [1.807, 2.05) is 101 Å². The molecule has 0 aliphatic carbocycles. The van der Waals surface area contributed by atoms with Gasteiger partial charge in [0.05, 0.1) is 34.9 Å². The predicted molar refractivity (Wildman–Crippen MR) is 223 cm³/mol. The van der Waals surface area contributed by atoms with Crippen molar-refractivity contribution >= 4 is 59.3 Å². The number of ketones is 2. The highest BCUT2D eigenvalue weighted by Gasteiger charge is 2.29. The second-order valence-electron chi connectivity index (χ2n) is 17.0. The summed E-state index contributed by atoms with van der Waals surface area (Å²) in [7, 11) is -1.16. The van der Waals surface area contributed by atoms with E-state index in [2.05, 4.69) is 44.9 Å². The summed E-state index contributed by atoms with van der Waals surface area (Å²) in [4.78, 5) is 58.4. The van der Waals surface area contributed by atoms with Crippen molar-refractivity contribution in [3.8, 4) is 22.5 Å². The number of aromatic amines is 1. The summed E-state index contributed by atoms with van der Waals surface area (Å²) in [6.45, 7) is 20.9. The van der Waals surface area contributed by atoms with Gasteiger partial charge in [-0.2, -0.15) is 0 Å². The number of nitrogens with two attached hydrogens (primary N) is 1. The van der Waals surface area contributed by atoms with Crippen LogP contribution >= 0.6 is 0 Å². The molecule has 288 valence electrons. The molecule has 6 rings (SSSR count). The summed E-state index contributed by atoms with van der Waals surface area (Å²) < 4.78 is 7.80. The van der Waals surface area contributed by atoms with Crippen molar-refractivity contribution in [2.45, 2.75) is 80.9 Å². The minimum absolute atomic E-state index is 0.0113. The van der Waals surface area contributed by atoms with Crippen molar-refractivity contribution in [3.63, 3.8) is 0 Å². The van der Waals surface area contributed by atoms with Gasteiger partial charge in [-0.15, -0.1) is 0 Å². The third-order valence-electron chi connectivity index (χ3n) is 8.69. The van der Waals surface area contributed by atoms with Crippen LogP contribution in [0.5, 0.6) is 0 Å². The molecule has 0 saturated carbocycles. The molecular formula is C42H52N8O4Si. The van der Waals surface area contributed by atoms with Gasteiger partial charge in [-0.3, -0.25) is 14.4 Å². The van der Waals surface area contributed by atoms with Crippen molar-refractivity contribution in [2.75, 3.05) is 17.7 Å². The number of nitrogens with zero attached hydrogens (tertiary/aromatic N) is 5. The van der Waals surface area contributed by atoms with Crippen LogP contribution in [0.15, 0.2) is 73.3 Å². The normalized spacial score (nSPS) is 12.0. The molecule has 0 bridgehead atoms. The minimum Gasteiger partial charge on any atom is -0.399 e. The van der Waals surface area contributed by atoms with E-state index in [4.69, 9.17) is 15.5 Å². The summed E-state index contributed by atoms with van der Waals surface area (Å²) in [6.07, 6.45) is 6.86. The molecule has 0 spiro atoms. The number of nitrogen functional groups attached to an aromatic ring is 1. The third kappa shape index (κ3) is 10.2. The van der Waals surface area contributed by atoms with Crippen LogP contribution < -0.4 is 11.1 Å². The van der Waals surface area contributed by atoms with Crippen LogP contribution in [0.2, 0.25) is 25.7 Å². The lowest BCUT2D eigenvalue weighted by molar-refractivity contribution is -0.114. The van der Waals surface area contributed by atoms with Crippen LogP contribution in [0.25, 0.3) is 44.8 Å². The molecule has 13 heteroatoms. The largest absolute Gasteiger partial charge is 0.399 e. The Hall–Kier alpha value is -5.53. The lowest BCUT2D eigenvalue weighted by Gasteiger charge is -2.16. The number of fused-ring (bicyclic) bond motifs is 2. The summed E-state index contributed by atoms with van der Waals surface area (Å²) >= 11 is 0. The third-order valence-corrected chi connectivity index (χ3v) is 10.4. The number of hydrogen-bond donors (Lipinski definition) is 3. The fourth-order valence-electron chi connectivity index (χ4n) is 5.67. The Bertz CT molecular complexity index is 2360. The zero-order valence-corrected chi connectivity index (χ0v) is 34.5. The number of H-pyrrole nitrogens is 1. The quantitative estimate of drug-likeness (QED) is 0.0533. The number of rotatable bonds is 10.